The van der Waals surface area contributed by atoms with Crippen molar-refractivity contribution < 1.29 is 22.7 Å². The molecule has 2 aliphatic heterocycles. The highest BCUT2D eigenvalue weighted by Gasteiger charge is 2.32. The van der Waals surface area contributed by atoms with Gasteiger partial charge in [0, 0.05) is 18.5 Å². The molecule has 3 rings (SSSR count). The Bertz CT molecular complexity index is 931. The maximum atomic E-state index is 12.6. The van der Waals surface area contributed by atoms with Crippen LogP contribution in [0.1, 0.15) is 56.8 Å². The Balaban J connectivity index is 1.80. The molecule has 1 saturated heterocycles. The first kappa shape index (κ1) is 20.3. The van der Waals surface area contributed by atoms with Crippen LogP contribution in [0.5, 0.6) is 0 Å². The number of anilines is 1. The van der Waals surface area contributed by atoms with Gasteiger partial charge in [0.25, 0.3) is 15.9 Å². The van der Waals surface area contributed by atoms with Crippen LogP contribution >= 0.6 is 0 Å². The SMILES string of the molecule is CC(C)(C)NC(=O)COC(=O)c1ccc2c(c1)S(=O)(=O)N=C1CCCCCN12. The van der Waals surface area contributed by atoms with Crippen molar-refractivity contribution in [1.29, 1.82) is 0 Å². The van der Waals surface area contributed by atoms with Gasteiger partial charge in [0.05, 0.1) is 11.3 Å². The molecule has 1 amide bonds. The Morgan fingerprint density at radius 1 is 1.21 bits per heavy atom. The lowest BCUT2D eigenvalue weighted by Gasteiger charge is -2.29. The minimum absolute atomic E-state index is 0.00765. The van der Waals surface area contributed by atoms with Crippen molar-refractivity contribution >= 4 is 33.4 Å². The number of carbonyl (C=O) groups is 2. The molecule has 0 atom stereocenters. The number of esters is 1. The van der Waals surface area contributed by atoms with Crippen LogP contribution in [0, 0.1) is 0 Å². The number of amides is 1. The van der Waals surface area contributed by atoms with Crippen molar-refractivity contribution in [2.24, 2.45) is 4.40 Å². The Kier molecular flexibility index (Phi) is 5.47. The van der Waals surface area contributed by atoms with E-state index < -0.39 is 34.0 Å². The highest BCUT2D eigenvalue weighted by atomic mass is 32.2. The number of benzene rings is 1. The second-order valence-corrected chi connectivity index (χ2v) is 9.57. The van der Waals surface area contributed by atoms with Gasteiger partial charge in [-0.05, 0) is 51.8 Å². The molecule has 0 spiro atoms. The summed E-state index contributed by atoms with van der Waals surface area (Å²) in [6.07, 6.45) is 3.49. The van der Waals surface area contributed by atoms with E-state index in [-0.39, 0.29) is 10.5 Å². The number of amidine groups is 1. The molecule has 1 N–H and O–H groups in total. The second kappa shape index (κ2) is 7.54. The second-order valence-electron chi connectivity index (χ2n) is 8.00. The summed E-state index contributed by atoms with van der Waals surface area (Å²) in [5.41, 5.74) is 0.167. The van der Waals surface area contributed by atoms with Crippen molar-refractivity contribution in [3.63, 3.8) is 0 Å². The number of nitrogens with zero attached hydrogens (tertiary/aromatic N) is 2. The van der Waals surface area contributed by atoms with E-state index in [1.165, 1.54) is 12.1 Å². The van der Waals surface area contributed by atoms with Crippen LogP contribution in [0.25, 0.3) is 0 Å². The predicted octanol–water partition coefficient (Wildman–Crippen LogP) is 2.24. The monoisotopic (exact) mass is 407 g/mol. The van der Waals surface area contributed by atoms with Gasteiger partial charge >= 0.3 is 5.97 Å². The van der Waals surface area contributed by atoms with Crippen molar-refractivity contribution in [3.05, 3.63) is 23.8 Å². The molecule has 152 valence electrons. The van der Waals surface area contributed by atoms with E-state index >= 15 is 0 Å². The minimum Gasteiger partial charge on any atom is -0.452 e. The number of fused-ring (bicyclic) bond motifs is 3. The van der Waals surface area contributed by atoms with Crippen molar-refractivity contribution in [2.45, 2.75) is 56.9 Å². The van der Waals surface area contributed by atoms with E-state index in [0.29, 0.717) is 24.5 Å². The van der Waals surface area contributed by atoms with Crippen molar-refractivity contribution in [3.8, 4) is 0 Å². The van der Waals surface area contributed by atoms with Gasteiger partial charge in [0.2, 0.25) is 0 Å². The average molecular weight is 407 g/mol. The third-order valence-corrected chi connectivity index (χ3v) is 5.77. The normalized spacial score (nSPS) is 18.2. The molecule has 1 aromatic carbocycles. The average Bonchev–Trinajstić information content (AvgIpc) is 2.82. The zero-order valence-corrected chi connectivity index (χ0v) is 17.1. The van der Waals surface area contributed by atoms with Gasteiger partial charge < -0.3 is 15.0 Å². The Labute approximate surface area is 165 Å². The molecule has 1 aromatic rings. The van der Waals surface area contributed by atoms with Gasteiger partial charge in [-0.25, -0.2) is 4.79 Å². The van der Waals surface area contributed by atoms with Gasteiger partial charge in [-0.1, -0.05) is 6.42 Å². The molecule has 28 heavy (non-hydrogen) atoms. The molecular weight excluding hydrogens is 382 g/mol. The summed E-state index contributed by atoms with van der Waals surface area (Å²) < 4.78 is 34.2. The van der Waals surface area contributed by atoms with Gasteiger partial charge in [-0.3, -0.25) is 4.79 Å². The van der Waals surface area contributed by atoms with E-state index in [9.17, 15) is 18.0 Å². The van der Waals surface area contributed by atoms with Crippen molar-refractivity contribution in [2.75, 3.05) is 18.1 Å². The largest absolute Gasteiger partial charge is 0.452 e. The molecule has 8 nitrogen and oxygen atoms in total. The standard InChI is InChI=1S/C19H25N3O5S/c1-19(2,3)20-17(23)12-27-18(24)13-8-9-14-15(11-13)28(25,26)21-16-7-5-4-6-10-22(14)16/h8-9,11H,4-7,10,12H2,1-3H3,(H,20,23). The fraction of sp³-hybridized carbons (Fsp3) is 0.526. The maximum Gasteiger partial charge on any atom is 0.338 e. The van der Waals surface area contributed by atoms with E-state index in [2.05, 4.69) is 9.71 Å². The third-order valence-electron chi connectivity index (χ3n) is 4.43. The summed E-state index contributed by atoms with van der Waals surface area (Å²) in [5.74, 6) is -0.628. The molecule has 0 aromatic heterocycles. The number of nitrogens with one attached hydrogen (secondary N) is 1. The maximum absolute atomic E-state index is 12.6. The molecule has 2 heterocycles. The smallest absolute Gasteiger partial charge is 0.338 e. The number of hydrogen-bond donors (Lipinski definition) is 1. The van der Waals surface area contributed by atoms with E-state index in [4.69, 9.17) is 4.74 Å². The molecule has 2 aliphatic rings. The van der Waals surface area contributed by atoms with Crippen LogP contribution in [0.3, 0.4) is 0 Å². The Hall–Kier alpha value is -2.42. The third kappa shape index (κ3) is 4.52. The first-order valence-electron chi connectivity index (χ1n) is 9.30. The molecule has 0 bridgehead atoms. The molecule has 0 aliphatic carbocycles. The lowest BCUT2D eigenvalue weighted by atomic mass is 10.1. The summed E-state index contributed by atoms with van der Waals surface area (Å²) in [7, 11) is -3.88. The van der Waals surface area contributed by atoms with Gasteiger partial charge in [0.1, 0.15) is 10.7 Å². The van der Waals surface area contributed by atoms with Crippen LogP contribution < -0.4 is 10.2 Å². The van der Waals surface area contributed by atoms with Gasteiger partial charge in [-0.15, -0.1) is 4.40 Å². The summed E-state index contributed by atoms with van der Waals surface area (Å²) >= 11 is 0. The van der Waals surface area contributed by atoms with Crippen LogP contribution in [0.2, 0.25) is 0 Å². The lowest BCUT2D eigenvalue weighted by molar-refractivity contribution is -0.125. The van der Waals surface area contributed by atoms with E-state index in [1.807, 2.05) is 25.7 Å². The number of carbonyl (C=O) groups excluding carboxylic acids is 2. The zero-order valence-electron chi connectivity index (χ0n) is 16.3. The van der Waals surface area contributed by atoms with Crippen LogP contribution in [0.4, 0.5) is 5.69 Å². The summed E-state index contributed by atoms with van der Waals surface area (Å²) in [4.78, 5) is 26.0. The fourth-order valence-electron chi connectivity index (χ4n) is 3.28. The molecule has 9 heteroatoms. The topological polar surface area (TPSA) is 105 Å². The highest BCUT2D eigenvalue weighted by Crippen LogP contribution is 2.35. The Morgan fingerprint density at radius 3 is 2.68 bits per heavy atom. The molecule has 0 radical (unpaired) electrons. The van der Waals surface area contributed by atoms with Gasteiger partial charge in [0.15, 0.2) is 6.61 Å². The number of ether oxygens (including phenoxy) is 1. The molecule has 1 fully saturated rings. The lowest BCUT2D eigenvalue weighted by Crippen LogP contribution is -2.42. The van der Waals surface area contributed by atoms with Crippen LogP contribution in [-0.2, 0) is 19.6 Å². The first-order valence-corrected chi connectivity index (χ1v) is 10.7. The highest BCUT2D eigenvalue weighted by molar-refractivity contribution is 7.90. The number of rotatable bonds is 3. The summed E-state index contributed by atoms with van der Waals surface area (Å²) in [5, 5.41) is 2.69. The molecule has 0 saturated carbocycles. The fourth-order valence-corrected chi connectivity index (χ4v) is 4.56. The molecular formula is C19H25N3O5S. The predicted molar refractivity (Wildman–Crippen MR) is 105 cm³/mol. The van der Waals surface area contributed by atoms with E-state index in [0.717, 1.165) is 19.3 Å². The quantitative estimate of drug-likeness (QED) is 0.771. The van der Waals surface area contributed by atoms with Crippen molar-refractivity contribution in [1.82, 2.24) is 5.32 Å². The summed E-state index contributed by atoms with van der Waals surface area (Å²) in [6, 6.07) is 4.41. The number of hydrogen-bond acceptors (Lipinski definition) is 6. The summed E-state index contributed by atoms with van der Waals surface area (Å²) in [6.45, 7) is 5.71. The zero-order chi connectivity index (χ0) is 20.5. The van der Waals surface area contributed by atoms with E-state index in [1.54, 1.807) is 6.07 Å². The Morgan fingerprint density at radius 2 is 1.96 bits per heavy atom. The first-order chi connectivity index (χ1) is 13.1. The van der Waals surface area contributed by atoms with Crippen LogP contribution in [0.15, 0.2) is 27.5 Å². The number of sulfonamides is 1. The van der Waals surface area contributed by atoms with Crippen LogP contribution in [-0.4, -0.2) is 44.8 Å². The van der Waals surface area contributed by atoms with Gasteiger partial charge in [-0.2, -0.15) is 8.42 Å². The molecule has 0 unspecified atom stereocenters. The minimum atomic E-state index is -3.88.